The van der Waals surface area contributed by atoms with Gasteiger partial charge in [-0.1, -0.05) is 36.5 Å². The lowest BCUT2D eigenvalue weighted by atomic mass is 10.0. The first-order valence-corrected chi connectivity index (χ1v) is 4.22. The van der Waals surface area contributed by atoms with Crippen molar-refractivity contribution in [2.75, 3.05) is 0 Å². The molecule has 0 nitrogen and oxygen atoms in total. The molecular formula is C12H18. The summed E-state index contributed by atoms with van der Waals surface area (Å²) in [5.41, 5.74) is 3.84. The van der Waals surface area contributed by atoms with Crippen LogP contribution in [0.3, 0.4) is 0 Å². The van der Waals surface area contributed by atoms with Crippen LogP contribution in [0.15, 0.2) is 47.6 Å². The van der Waals surface area contributed by atoms with Gasteiger partial charge >= 0.3 is 0 Å². The van der Waals surface area contributed by atoms with Gasteiger partial charge < -0.3 is 0 Å². The molecule has 0 bridgehead atoms. The summed E-state index contributed by atoms with van der Waals surface area (Å²) in [5, 5.41) is 0. The zero-order valence-electron chi connectivity index (χ0n) is 8.52. The highest BCUT2D eigenvalue weighted by Gasteiger charge is 1.92. The van der Waals surface area contributed by atoms with Gasteiger partial charge in [0, 0.05) is 0 Å². The number of allylic oxidation sites excluding steroid dienone is 7. The van der Waals surface area contributed by atoms with Crippen molar-refractivity contribution in [3.63, 3.8) is 0 Å². The number of hydrogen-bond donors (Lipinski definition) is 0. The Kier molecular flexibility index (Phi) is 5.11. The molecule has 0 heteroatoms. The molecule has 0 aliphatic heterocycles. The second kappa shape index (κ2) is 5.59. The van der Waals surface area contributed by atoms with Gasteiger partial charge in [0.25, 0.3) is 0 Å². The van der Waals surface area contributed by atoms with Crippen LogP contribution in [0.2, 0.25) is 0 Å². The van der Waals surface area contributed by atoms with Crippen molar-refractivity contribution in [1.82, 2.24) is 0 Å². The maximum absolute atomic E-state index is 3.69. The van der Waals surface area contributed by atoms with E-state index in [2.05, 4.69) is 39.5 Å². The molecule has 0 heterocycles. The largest absolute Gasteiger partial charge is 0.0990 e. The molecule has 0 atom stereocenters. The van der Waals surface area contributed by atoms with Gasteiger partial charge in [0.05, 0.1) is 0 Å². The average molecular weight is 162 g/mol. The molecule has 0 radical (unpaired) electrons. The van der Waals surface area contributed by atoms with Gasteiger partial charge in [0.1, 0.15) is 0 Å². The number of rotatable bonds is 3. The lowest BCUT2D eigenvalue weighted by Gasteiger charge is -2.01. The molecule has 0 N–H and O–H groups in total. The smallest absolute Gasteiger partial charge is 0.0231 e. The quantitative estimate of drug-likeness (QED) is 0.549. The third-order valence-electron chi connectivity index (χ3n) is 1.63. The molecule has 0 aliphatic carbocycles. The van der Waals surface area contributed by atoms with Crippen LogP contribution in [-0.2, 0) is 0 Å². The van der Waals surface area contributed by atoms with Gasteiger partial charge in [0.15, 0.2) is 0 Å². The monoisotopic (exact) mass is 162 g/mol. The molecule has 0 saturated carbocycles. The fourth-order valence-electron chi connectivity index (χ4n) is 0.898. The first-order valence-electron chi connectivity index (χ1n) is 4.22. The minimum absolute atomic E-state index is 1.24. The second-order valence-electron chi connectivity index (χ2n) is 3.05. The maximum Gasteiger partial charge on any atom is -0.0231 e. The van der Waals surface area contributed by atoms with Crippen molar-refractivity contribution in [3.8, 4) is 0 Å². The third-order valence-corrected chi connectivity index (χ3v) is 1.63. The predicted octanol–water partition coefficient (Wildman–Crippen LogP) is 4.03. The Morgan fingerprint density at radius 1 is 1.17 bits per heavy atom. The minimum atomic E-state index is 1.24. The number of hydrogen-bond acceptors (Lipinski definition) is 0. The van der Waals surface area contributed by atoms with E-state index >= 15 is 0 Å². The zero-order chi connectivity index (χ0) is 9.56. The first-order chi connectivity index (χ1) is 5.61. The Hall–Kier alpha value is -1.04. The fourth-order valence-corrected chi connectivity index (χ4v) is 0.898. The first kappa shape index (κ1) is 11.0. The van der Waals surface area contributed by atoms with Gasteiger partial charge in [0.2, 0.25) is 0 Å². The second-order valence-corrected chi connectivity index (χ2v) is 3.05. The van der Waals surface area contributed by atoms with E-state index < -0.39 is 0 Å². The molecule has 0 aromatic carbocycles. The highest BCUT2D eigenvalue weighted by atomic mass is 14.0. The van der Waals surface area contributed by atoms with Crippen LogP contribution in [0.4, 0.5) is 0 Å². The van der Waals surface area contributed by atoms with Crippen LogP contribution >= 0.6 is 0 Å². The zero-order valence-corrected chi connectivity index (χ0v) is 8.52. The summed E-state index contributed by atoms with van der Waals surface area (Å²) in [4.78, 5) is 0. The molecule has 0 aromatic rings. The van der Waals surface area contributed by atoms with Crippen LogP contribution in [0.5, 0.6) is 0 Å². The maximum atomic E-state index is 3.69. The van der Waals surface area contributed by atoms with E-state index in [0.29, 0.717) is 0 Å². The van der Waals surface area contributed by atoms with Crippen molar-refractivity contribution in [3.05, 3.63) is 47.6 Å². The fraction of sp³-hybridized carbons (Fsp3) is 0.333. The van der Waals surface area contributed by atoms with Crippen LogP contribution < -0.4 is 0 Å². The van der Waals surface area contributed by atoms with Gasteiger partial charge in [-0.3, -0.25) is 0 Å². The summed E-state index contributed by atoms with van der Waals surface area (Å²) in [6.45, 7) is 12.0. The summed E-state index contributed by atoms with van der Waals surface area (Å²) >= 11 is 0. The van der Waals surface area contributed by atoms with E-state index in [9.17, 15) is 0 Å². The molecule has 0 saturated heterocycles. The van der Waals surface area contributed by atoms with E-state index in [1.54, 1.807) is 0 Å². The summed E-state index contributed by atoms with van der Waals surface area (Å²) in [7, 11) is 0. The van der Waals surface area contributed by atoms with Crippen molar-refractivity contribution in [2.24, 2.45) is 0 Å². The standard InChI is InChI=1S/C12H18/c1-6-8-12(9-10(3)4)11(5)7-2/h6-9H,1H2,2-5H3/b11-7+,12-8+. The molecule has 0 aromatic heterocycles. The Labute approximate surface area is 76.0 Å². The lowest BCUT2D eigenvalue weighted by molar-refractivity contribution is 1.33. The highest BCUT2D eigenvalue weighted by Crippen LogP contribution is 2.12. The topological polar surface area (TPSA) is 0 Å². The van der Waals surface area contributed by atoms with Crippen molar-refractivity contribution in [1.29, 1.82) is 0 Å². The van der Waals surface area contributed by atoms with Gasteiger partial charge in [-0.15, -0.1) is 0 Å². The minimum Gasteiger partial charge on any atom is -0.0990 e. The normalized spacial score (nSPS) is 12.7. The van der Waals surface area contributed by atoms with E-state index in [4.69, 9.17) is 0 Å². The molecule has 66 valence electrons. The Morgan fingerprint density at radius 3 is 2.08 bits per heavy atom. The average Bonchev–Trinajstić information content (AvgIpc) is 2.01. The van der Waals surface area contributed by atoms with Crippen LogP contribution in [0.1, 0.15) is 27.7 Å². The third kappa shape index (κ3) is 3.97. The van der Waals surface area contributed by atoms with Crippen LogP contribution in [0, 0.1) is 0 Å². The molecule has 0 aliphatic rings. The molecule has 0 fully saturated rings. The van der Waals surface area contributed by atoms with Crippen molar-refractivity contribution >= 4 is 0 Å². The highest BCUT2D eigenvalue weighted by molar-refractivity contribution is 5.41. The summed E-state index contributed by atoms with van der Waals surface area (Å²) < 4.78 is 0. The van der Waals surface area contributed by atoms with E-state index in [1.807, 2.05) is 19.1 Å². The Balaban J connectivity index is 4.81. The predicted molar refractivity (Wildman–Crippen MR) is 57.1 cm³/mol. The van der Waals surface area contributed by atoms with Gasteiger partial charge in [-0.25, -0.2) is 0 Å². The molecule has 0 amide bonds. The molecule has 0 unspecified atom stereocenters. The van der Waals surface area contributed by atoms with E-state index in [0.717, 1.165) is 0 Å². The van der Waals surface area contributed by atoms with Crippen LogP contribution in [0.25, 0.3) is 0 Å². The molecule has 12 heavy (non-hydrogen) atoms. The molecular weight excluding hydrogens is 144 g/mol. The summed E-state index contributed by atoms with van der Waals surface area (Å²) in [6, 6.07) is 0. The Bertz CT molecular complexity index is 233. The SMILES string of the molecule is C=C/C=C(C=C(C)C)/C(C)=C/C. The van der Waals surface area contributed by atoms with Crippen LogP contribution in [-0.4, -0.2) is 0 Å². The molecule has 0 spiro atoms. The Morgan fingerprint density at radius 2 is 1.75 bits per heavy atom. The van der Waals surface area contributed by atoms with Crippen molar-refractivity contribution in [2.45, 2.75) is 27.7 Å². The summed E-state index contributed by atoms with van der Waals surface area (Å²) in [5.74, 6) is 0. The van der Waals surface area contributed by atoms with E-state index in [-0.39, 0.29) is 0 Å². The summed E-state index contributed by atoms with van der Waals surface area (Å²) in [6.07, 6.45) is 8.12. The van der Waals surface area contributed by atoms with Crippen molar-refractivity contribution < 1.29 is 0 Å². The lowest BCUT2D eigenvalue weighted by Crippen LogP contribution is -1.81. The van der Waals surface area contributed by atoms with Gasteiger partial charge in [-0.05, 0) is 38.8 Å². The van der Waals surface area contributed by atoms with E-state index in [1.165, 1.54) is 16.7 Å². The van der Waals surface area contributed by atoms with Gasteiger partial charge in [-0.2, -0.15) is 0 Å². The molecule has 0 rings (SSSR count).